The molecule has 0 radical (unpaired) electrons. The molecule has 0 atom stereocenters. The first-order valence-electron chi connectivity index (χ1n) is 3.98. The van der Waals surface area contributed by atoms with Gasteiger partial charge in [-0.15, -0.1) is 0 Å². The first kappa shape index (κ1) is 8.69. The zero-order valence-corrected chi connectivity index (χ0v) is 7.08. The Kier molecular flexibility index (Phi) is 3.24. The molecule has 2 nitrogen and oxygen atoms in total. The normalized spacial score (nSPS) is 9.08. The Bertz CT molecular complexity index is 300. The molecule has 0 N–H and O–H groups in total. The predicted octanol–water partition coefficient (Wildman–Crippen LogP) is 2.08. The number of benzene rings is 1. The summed E-state index contributed by atoms with van der Waals surface area (Å²) >= 11 is 0. The molecule has 0 spiro atoms. The average Bonchev–Trinajstić information content (AvgIpc) is 2.15. The van der Waals surface area contributed by atoms with Crippen molar-refractivity contribution in [3.63, 3.8) is 0 Å². The molecule has 12 heavy (non-hydrogen) atoms. The highest BCUT2D eigenvalue weighted by molar-refractivity contribution is 5.34. The molecule has 1 rings (SSSR count). The van der Waals surface area contributed by atoms with Gasteiger partial charge in [0.05, 0.1) is 6.54 Å². The van der Waals surface area contributed by atoms with Crippen molar-refractivity contribution in [2.24, 2.45) is 4.99 Å². The van der Waals surface area contributed by atoms with Crippen LogP contribution < -0.4 is 0 Å². The maximum absolute atomic E-state index is 9.84. The third-order valence-electron chi connectivity index (χ3n) is 1.73. The lowest BCUT2D eigenvalue weighted by atomic mass is 10.1. The lowest BCUT2D eigenvalue weighted by Crippen LogP contribution is -1.84. The molecular formula is C10H11NO. The van der Waals surface area contributed by atoms with Crippen molar-refractivity contribution < 1.29 is 4.79 Å². The van der Waals surface area contributed by atoms with Gasteiger partial charge in [-0.1, -0.05) is 31.2 Å². The lowest BCUT2D eigenvalue weighted by Gasteiger charge is -1.98. The van der Waals surface area contributed by atoms with Crippen LogP contribution in [0.25, 0.3) is 0 Å². The first-order valence-corrected chi connectivity index (χ1v) is 3.98. The van der Waals surface area contributed by atoms with E-state index in [4.69, 9.17) is 0 Å². The minimum Gasteiger partial charge on any atom is -0.211 e. The molecule has 0 aliphatic rings. The summed E-state index contributed by atoms with van der Waals surface area (Å²) in [4.78, 5) is 13.4. The molecule has 0 saturated carbocycles. The van der Waals surface area contributed by atoms with Gasteiger partial charge in [-0.25, -0.2) is 9.79 Å². The smallest absolute Gasteiger partial charge is 0.211 e. The van der Waals surface area contributed by atoms with Crippen LogP contribution in [0.15, 0.2) is 29.3 Å². The summed E-state index contributed by atoms with van der Waals surface area (Å²) in [5.74, 6) is 0. The van der Waals surface area contributed by atoms with Gasteiger partial charge in [0, 0.05) is 0 Å². The average molecular weight is 161 g/mol. The highest BCUT2D eigenvalue weighted by Gasteiger charge is 1.92. The van der Waals surface area contributed by atoms with Crippen molar-refractivity contribution in [2.45, 2.75) is 19.9 Å². The second kappa shape index (κ2) is 4.47. The van der Waals surface area contributed by atoms with E-state index in [1.54, 1.807) is 0 Å². The fourth-order valence-electron chi connectivity index (χ4n) is 1.07. The zero-order valence-electron chi connectivity index (χ0n) is 7.08. The topological polar surface area (TPSA) is 29.4 Å². The van der Waals surface area contributed by atoms with E-state index in [1.165, 1.54) is 11.6 Å². The molecule has 0 saturated heterocycles. The predicted molar refractivity (Wildman–Crippen MR) is 47.6 cm³/mol. The van der Waals surface area contributed by atoms with E-state index in [2.05, 4.69) is 24.0 Å². The number of isocyanates is 1. The summed E-state index contributed by atoms with van der Waals surface area (Å²) in [5.41, 5.74) is 2.34. The quantitative estimate of drug-likeness (QED) is 0.493. The molecule has 0 fully saturated rings. The van der Waals surface area contributed by atoms with Crippen LogP contribution in [0.2, 0.25) is 0 Å². The summed E-state index contributed by atoms with van der Waals surface area (Å²) < 4.78 is 0. The number of carbonyl (C=O) groups excluding carboxylic acids is 1. The number of hydrogen-bond acceptors (Lipinski definition) is 2. The second-order valence-corrected chi connectivity index (χ2v) is 2.58. The van der Waals surface area contributed by atoms with Crippen molar-refractivity contribution in [1.29, 1.82) is 0 Å². The van der Waals surface area contributed by atoms with Crippen LogP contribution in [0.3, 0.4) is 0 Å². The van der Waals surface area contributed by atoms with Gasteiger partial charge in [0.25, 0.3) is 0 Å². The molecule has 0 bridgehead atoms. The van der Waals surface area contributed by atoms with E-state index in [0.29, 0.717) is 6.54 Å². The van der Waals surface area contributed by atoms with Crippen molar-refractivity contribution in [1.82, 2.24) is 0 Å². The minimum atomic E-state index is 0.442. The Morgan fingerprint density at radius 1 is 1.42 bits per heavy atom. The van der Waals surface area contributed by atoms with Crippen LogP contribution in [0.5, 0.6) is 0 Å². The first-order chi connectivity index (χ1) is 5.86. The molecule has 1 aromatic carbocycles. The fraction of sp³-hybridized carbons (Fsp3) is 0.300. The van der Waals surface area contributed by atoms with Crippen LogP contribution >= 0.6 is 0 Å². The van der Waals surface area contributed by atoms with E-state index in [9.17, 15) is 4.79 Å². The summed E-state index contributed by atoms with van der Waals surface area (Å²) in [6.45, 7) is 2.54. The molecule has 0 aromatic heterocycles. The van der Waals surface area contributed by atoms with E-state index >= 15 is 0 Å². The Morgan fingerprint density at radius 3 is 2.83 bits per heavy atom. The molecule has 1 aromatic rings. The van der Waals surface area contributed by atoms with Crippen LogP contribution in [-0.2, 0) is 17.8 Å². The van der Waals surface area contributed by atoms with E-state index in [1.807, 2.05) is 12.1 Å². The molecule has 0 heterocycles. The zero-order chi connectivity index (χ0) is 8.81. The summed E-state index contributed by atoms with van der Waals surface area (Å²) in [6, 6.07) is 8.06. The standard InChI is InChI=1S/C10H11NO/c1-2-9-4-3-5-10(6-9)7-11-8-12/h3-6H,2,7H2,1H3. The van der Waals surface area contributed by atoms with Gasteiger partial charge in [-0.3, -0.25) is 0 Å². The summed E-state index contributed by atoms with van der Waals surface area (Å²) in [5, 5.41) is 0. The number of aryl methyl sites for hydroxylation is 1. The van der Waals surface area contributed by atoms with Gasteiger partial charge in [-0.2, -0.15) is 0 Å². The second-order valence-electron chi connectivity index (χ2n) is 2.58. The van der Waals surface area contributed by atoms with Gasteiger partial charge in [-0.05, 0) is 17.5 Å². The Hall–Kier alpha value is -1.40. The molecule has 0 amide bonds. The number of hydrogen-bond donors (Lipinski definition) is 0. The van der Waals surface area contributed by atoms with Crippen LogP contribution in [-0.4, -0.2) is 6.08 Å². The van der Waals surface area contributed by atoms with Gasteiger partial charge >= 0.3 is 0 Å². The van der Waals surface area contributed by atoms with Crippen LogP contribution in [0.1, 0.15) is 18.1 Å². The van der Waals surface area contributed by atoms with Gasteiger partial charge in [0.1, 0.15) is 0 Å². The SMILES string of the molecule is CCc1cccc(CN=C=O)c1. The Balaban J connectivity index is 2.78. The van der Waals surface area contributed by atoms with Crippen molar-refractivity contribution in [3.8, 4) is 0 Å². The van der Waals surface area contributed by atoms with Crippen molar-refractivity contribution >= 4 is 6.08 Å². The lowest BCUT2D eigenvalue weighted by molar-refractivity contribution is 0.563. The van der Waals surface area contributed by atoms with Gasteiger partial charge < -0.3 is 0 Å². The van der Waals surface area contributed by atoms with E-state index in [-0.39, 0.29) is 0 Å². The highest BCUT2D eigenvalue weighted by atomic mass is 16.1. The third-order valence-corrected chi connectivity index (χ3v) is 1.73. The molecule has 0 aliphatic carbocycles. The fourth-order valence-corrected chi connectivity index (χ4v) is 1.07. The number of nitrogens with zero attached hydrogens (tertiary/aromatic N) is 1. The third kappa shape index (κ3) is 2.33. The molecule has 0 aliphatic heterocycles. The van der Waals surface area contributed by atoms with Crippen LogP contribution in [0, 0.1) is 0 Å². The van der Waals surface area contributed by atoms with E-state index in [0.717, 1.165) is 12.0 Å². The maximum atomic E-state index is 9.84. The number of rotatable bonds is 3. The summed E-state index contributed by atoms with van der Waals surface area (Å²) in [6.07, 6.45) is 2.54. The molecule has 0 unspecified atom stereocenters. The Morgan fingerprint density at radius 2 is 2.17 bits per heavy atom. The van der Waals surface area contributed by atoms with E-state index < -0.39 is 0 Å². The largest absolute Gasteiger partial charge is 0.235 e. The molecule has 62 valence electrons. The maximum Gasteiger partial charge on any atom is 0.235 e. The van der Waals surface area contributed by atoms with Gasteiger partial charge in [0.15, 0.2) is 0 Å². The summed E-state index contributed by atoms with van der Waals surface area (Å²) in [7, 11) is 0. The monoisotopic (exact) mass is 161 g/mol. The number of aliphatic imine (C=N–C) groups is 1. The van der Waals surface area contributed by atoms with Crippen molar-refractivity contribution in [3.05, 3.63) is 35.4 Å². The highest BCUT2D eigenvalue weighted by Crippen LogP contribution is 2.06. The van der Waals surface area contributed by atoms with Crippen LogP contribution in [0.4, 0.5) is 0 Å². The molecular weight excluding hydrogens is 150 g/mol. The Labute approximate surface area is 71.9 Å². The van der Waals surface area contributed by atoms with Crippen molar-refractivity contribution in [2.75, 3.05) is 0 Å². The minimum absolute atomic E-state index is 0.442. The van der Waals surface area contributed by atoms with Gasteiger partial charge in [0.2, 0.25) is 6.08 Å². The molecule has 2 heteroatoms.